The lowest BCUT2D eigenvalue weighted by Crippen LogP contribution is -2.52. The van der Waals surface area contributed by atoms with E-state index in [1.54, 1.807) is 6.92 Å². The molecule has 1 aliphatic rings. The maximum Gasteiger partial charge on any atom is 0.243 e. The smallest absolute Gasteiger partial charge is 0.243 e. The van der Waals surface area contributed by atoms with Crippen molar-refractivity contribution in [3.05, 3.63) is 60.2 Å². The van der Waals surface area contributed by atoms with Crippen LogP contribution < -0.4 is 16.0 Å². The van der Waals surface area contributed by atoms with Crippen molar-refractivity contribution >= 4 is 34.4 Å². The number of aromatic amines is 1. The number of H-pyrrole nitrogens is 1. The Morgan fingerprint density at radius 3 is 2.50 bits per heavy atom. The summed E-state index contributed by atoms with van der Waals surface area (Å²) < 4.78 is 0. The third-order valence-corrected chi connectivity index (χ3v) is 7.02. The Bertz CT molecular complexity index is 1280. The Balaban J connectivity index is 1.41. The van der Waals surface area contributed by atoms with Gasteiger partial charge in [0.2, 0.25) is 17.7 Å². The number of para-hydroxylation sites is 1. The number of carbonyl (C=O) groups excluding carboxylic acids is 4. The lowest BCUT2D eigenvalue weighted by molar-refractivity contribution is -0.130. The predicted octanol–water partition coefficient (Wildman–Crippen LogP) is 3.80. The van der Waals surface area contributed by atoms with E-state index in [9.17, 15) is 19.2 Å². The summed E-state index contributed by atoms with van der Waals surface area (Å²) >= 11 is 0. The summed E-state index contributed by atoms with van der Waals surface area (Å²) in [6.07, 6.45) is 4.63. The SMILES string of the molecule is CC(=O)CCCCC[C@H](NC(=O)C1CCC(=O)N1)C(=O)NCCc1c(-c2ccccc2)[nH]c2ccccc12. The summed E-state index contributed by atoms with van der Waals surface area (Å²) in [5.74, 6) is -0.571. The van der Waals surface area contributed by atoms with Crippen LogP contribution in [-0.2, 0) is 25.6 Å². The van der Waals surface area contributed by atoms with E-state index < -0.39 is 12.1 Å². The first-order valence-electron chi connectivity index (χ1n) is 13.4. The van der Waals surface area contributed by atoms with Crippen LogP contribution in [0.25, 0.3) is 22.2 Å². The van der Waals surface area contributed by atoms with Crippen LogP contribution in [0.2, 0.25) is 0 Å². The molecule has 4 rings (SSSR count). The van der Waals surface area contributed by atoms with Crippen molar-refractivity contribution in [1.82, 2.24) is 20.9 Å². The molecule has 2 heterocycles. The molecule has 38 heavy (non-hydrogen) atoms. The molecule has 8 nitrogen and oxygen atoms in total. The van der Waals surface area contributed by atoms with Gasteiger partial charge in [0.15, 0.2) is 0 Å². The van der Waals surface area contributed by atoms with E-state index in [1.165, 1.54) is 0 Å². The largest absolute Gasteiger partial charge is 0.354 e. The van der Waals surface area contributed by atoms with Crippen LogP contribution in [-0.4, -0.2) is 47.1 Å². The molecule has 1 aromatic heterocycles. The molecule has 0 aliphatic carbocycles. The van der Waals surface area contributed by atoms with Crippen molar-refractivity contribution in [3.63, 3.8) is 0 Å². The van der Waals surface area contributed by atoms with Crippen LogP contribution in [0.1, 0.15) is 57.4 Å². The fraction of sp³-hybridized carbons (Fsp3) is 0.400. The van der Waals surface area contributed by atoms with Crippen molar-refractivity contribution in [2.45, 2.75) is 70.4 Å². The molecule has 0 radical (unpaired) electrons. The van der Waals surface area contributed by atoms with Gasteiger partial charge in [0.1, 0.15) is 17.9 Å². The summed E-state index contributed by atoms with van der Waals surface area (Å²) in [5.41, 5.74) is 4.29. The molecule has 1 fully saturated rings. The van der Waals surface area contributed by atoms with Crippen LogP contribution in [0, 0.1) is 0 Å². The number of nitrogens with one attached hydrogen (secondary N) is 4. The highest BCUT2D eigenvalue weighted by Gasteiger charge is 2.30. The number of fused-ring (bicyclic) bond motifs is 1. The molecule has 3 amide bonds. The standard InChI is InChI=1S/C30H36N4O4/c1-20(35)10-4-2-7-15-25(34-30(38)26-16-17-27(36)32-26)29(37)31-19-18-23-22-13-8-9-14-24(22)33-28(23)21-11-5-3-6-12-21/h3,5-6,8-9,11-14,25-26,33H,2,4,7,10,15-19H2,1H3,(H,31,37)(H,32,36)(H,34,38)/t25-,26?/m0/s1. The highest BCUT2D eigenvalue weighted by molar-refractivity contribution is 5.94. The highest BCUT2D eigenvalue weighted by atomic mass is 16.2. The van der Waals surface area contributed by atoms with E-state index >= 15 is 0 Å². The summed E-state index contributed by atoms with van der Waals surface area (Å²) in [6.45, 7) is 1.99. The van der Waals surface area contributed by atoms with Gasteiger partial charge in [-0.05, 0) is 49.8 Å². The molecule has 1 saturated heterocycles. The van der Waals surface area contributed by atoms with E-state index in [0.29, 0.717) is 45.1 Å². The first-order valence-corrected chi connectivity index (χ1v) is 13.4. The Morgan fingerprint density at radius 1 is 1.00 bits per heavy atom. The van der Waals surface area contributed by atoms with E-state index in [-0.39, 0.29) is 23.5 Å². The molecule has 2 aromatic carbocycles. The fourth-order valence-electron chi connectivity index (χ4n) is 5.00. The van der Waals surface area contributed by atoms with E-state index in [1.807, 2.05) is 36.4 Å². The minimum atomic E-state index is -0.700. The molecular weight excluding hydrogens is 480 g/mol. The van der Waals surface area contributed by atoms with Gasteiger partial charge < -0.3 is 25.7 Å². The van der Waals surface area contributed by atoms with Crippen LogP contribution in [0.5, 0.6) is 0 Å². The molecule has 4 N–H and O–H groups in total. The summed E-state index contributed by atoms with van der Waals surface area (Å²) in [6, 6.07) is 16.9. The number of ketones is 1. The quantitative estimate of drug-likeness (QED) is 0.258. The zero-order valence-corrected chi connectivity index (χ0v) is 21.8. The van der Waals surface area contributed by atoms with Crippen molar-refractivity contribution < 1.29 is 19.2 Å². The van der Waals surface area contributed by atoms with E-state index in [4.69, 9.17) is 0 Å². The number of hydrogen-bond donors (Lipinski definition) is 4. The van der Waals surface area contributed by atoms with Crippen LogP contribution in [0.3, 0.4) is 0 Å². The van der Waals surface area contributed by atoms with Gasteiger partial charge >= 0.3 is 0 Å². The van der Waals surface area contributed by atoms with Crippen molar-refractivity contribution in [3.8, 4) is 11.3 Å². The number of amides is 3. The lowest BCUT2D eigenvalue weighted by atomic mass is 10.0. The molecule has 0 spiro atoms. The molecule has 8 heteroatoms. The number of Topliss-reactive ketones (excluding diaryl/α,β-unsaturated/α-hetero) is 1. The Hall–Kier alpha value is -3.94. The minimum Gasteiger partial charge on any atom is -0.354 e. The monoisotopic (exact) mass is 516 g/mol. The van der Waals surface area contributed by atoms with Crippen molar-refractivity contribution in [1.29, 1.82) is 0 Å². The third kappa shape index (κ3) is 7.09. The normalized spacial score (nSPS) is 15.7. The number of carbonyl (C=O) groups is 4. The van der Waals surface area contributed by atoms with Crippen molar-refractivity contribution in [2.24, 2.45) is 0 Å². The van der Waals surface area contributed by atoms with Gasteiger partial charge in [-0.1, -0.05) is 61.4 Å². The second-order valence-corrected chi connectivity index (χ2v) is 9.95. The zero-order chi connectivity index (χ0) is 26.9. The molecule has 2 atom stereocenters. The van der Waals surface area contributed by atoms with Gasteiger partial charge in [-0.25, -0.2) is 0 Å². The lowest BCUT2D eigenvalue weighted by Gasteiger charge is -2.20. The van der Waals surface area contributed by atoms with Gasteiger partial charge in [0.05, 0.1) is 0 Å². The second kappa shape index (κ2) is 13.0. The molecule has 0 saturated carbocycles. The van der Waals surface area contributed by atoms with E-state index in [0.717, 1.165) is 40.6 Å². The molecule has 0 bridgehead atoms. The second-order valence-electron chi connectivity index (χ2n) is 9.95. The first-order chi connectivity index (χ1) is 18.4. The number of rotatable bonds is 13. The third-order valence-electron chi connectivity index (χ3n) is 7.02. The van der Waals surface area contributed by atoms with Crippen molar-refractivity contribution in [2.75, 3.05) is 6.54 Å². The van der Waals surface area contributed by atoms with Crippen LogP contribution in [0.15, 0.2) is 54.6 Å². The summed E-state index contributed by atoms with van der Waals surface area (Å²) in [4.78, 5) is 52.2. The topological polar surface area (TPSA) is 120 Å². The van der Waals surface area contributed by atoms with Crippen LogP contribution in [0.4, 0.5) is 0 Å². The predicted molar refractivity (Wildman–Crippen MR) is 147 cm³/mol. The molecule has 3 aromatic rings. The molecular formula is C30H36N4O4. The van der Waals surface area contributed by atoms with Gasteiger partial charge in [0, 0.05) is 36.0 Å². The Morgan fingerprint density at radius 2 is 1.76 bits per heavy atom. The number of unbranched alkanes of at least 4 members (excludes halogenated alkanes) is 2. The maximum atomic E-state index is 13.2. The number of hydrogen-bond acceptors (Lipinski definition) is 4. The maximum absolute atomic E-state index is 13.2. The molecule has 200 valence electrons. The minimum absolute atomic E-state index is 0.150. The number of aromatic nitrogens is 1. The zero-order valence-electron chi connectivity index (χ0n) is 21.8. The fourth-order valence-corrected chi connectivity index (χ4v) is 5.00. The average molecular weight is 517 g/mol. The number of benzene rings is 2. The first kappa shape index (κ1) is 27.1. The highest BCUT2D eigenvalue weighted by Crippen LogP contribution is 2.30. The summed E-state index contributed by atoms with van der Waals surface area (Å²) in [5, 5.41) is 9.65. The van der Waals surface area contributed by atoms with Crippen LogP contribution >= 0.6 is 0 Å². The van der Waals surface area contributed by atoms with E-state index in [2.05, 4.69) is 39.1 Å². The Labute approximate surface area is 223 Å². The van der Waals surface area contributed by atoms with Gasteiger partial charge in [0.25, 0.3) is 0 Å². The van der Waals surface area contributed by atoms with Gasteiger partial charge in [-0.2, -0.15) is 0 Å². The molecule has 1 aliphatic heterocycles. The summed E-state index contributed by atoms with van der Waals surface area (Å²) in [7, 11) is 0. The molecule has 1 unspecified atom stereocenters. The van der Waals surface area contributed by atoms with Gasteiger partial charge in [-0.3, -0.25) is 14.4 Å². The van der Waals surface area contributed by atoms with Gasteiger partial charge in [-0.15, -0.1) is 0 Å². The Kier molecular flexibility index (Phi) is 9.30. The average Bonchev–Trinajstić information content (AvgIpc) is 3.52.